The van der Waals surface area contributed by atoms with Crippen molar-refractivity contribution in [1.29, 1.82) is 0 Å². The average molecular weight is 489 g/mol. The Kier molecular flexibility index (Phi) is 6.95. The minimum absolute atomic E-state index is 0.120. The van der Waals surface area contributed by atoms with Crippen molar-refractivity contribution < 1.29 is 29.1 Å². The van der Waals surface area contributed by atoms with Gasteiger partial charge in [0.25, 0.3) is 17.6 Å². The highest BCUT2D eigenvalue weighted by atomic mass is 16.4. The summed E-state index contributed by atoms with van der Waals surface area (Å²) in [4.78, 5) is 67.7. The molecule has 0 spiro atoms. The maximum Gasteiger partial charge on any atom is 0.328 e. The summed E-state index contributed by atoms with van der Waals surface area (Å²) in [5.41, 5.74) is 1.49. The second-order valence-electron chi connectivity index (χ2n) is 8.39. The SMILES string of the molecule is C[C@@H]1CN(C(=O)c2ccccc2)CCN1C(=O)C(=O)c1c[nH]c2c(NC(=O)/C=C/C(=O)O)cccc12. The Bertz CT molecular complexity index is 1380. The topological polar surface area (TPSA) is 140 Å². The van der Waals surface area contributed by atoms with Crippen LogP contribution in [0.2, 0.25) is 0 Å². The van der Waals surface area contributed by atoms with Gasteiger partial charge in [-0.05, 0) is 25.1 Å². The lowest BCUT2D eigenvalue weighted by Gasteiger charge is -2.39. The number of fused-ring (bicyclic) bond motifs is 1. The highest BCUT2D eigenvalue weighted by Gasteiger charge is 2.34. The molecule has 3 amide bonds. The number of nitrogens with one attached hydrogen (secondary N) is 2. The third-order valence-electron chi connectivity index (χ3n) is 5.99. The van der Waals surface area contributed by atoms with E-state index >= 15 is 0 Å². The number of hydrogen-bond donors (Lipinski definition) is 3. The number of rotatable bonds is 6. The standard InChI is InChI=1S/C26H24N4O6/c1-16-15-29(25(35)17-6-3-2-4-7-17)12-13-30(16)26(36)24(34)19-14-27-23-18(19)8-5-9-20(23)28-21(31)10-11-22(32)33/h2-11,14,16,27H,12-13,15H2,1H3,(H,28,31)(H,32,33)/b11-10+/t16-/m1/s1. The Labute approximate surface area is 206 Å². The van der Waals surface area contributed by atoms with Crippen molar-refractivity contribution in [3.8, 4) is 0 Å². The Morgan fingerprint density at radius 1 is 1.00 bits per heavy atom. The number of carboxylic acids is 1. The van der Waals surface area contributed by atoms with E-state index in [-0.39, 0.29) is 24.1 Å². The minimum atomic E-state index is -1.26. The van der Waals surface area contributed by atoms with Crippen molar-refractivity contribution in [1.82, 2.24) is 14.8 Å². The highest BCUT2D eigenvalue weighted by molar-refractivity contribution is 6.45. The van der Waals surface area contributed by atoms with Crippen molar-refractivity contribution in [2.75, 3.05) is 25.0 Å². The van der Waals surface area contributed by atoms with Gasteiger partial charge in [-0.25, -0.2) is 4.79 Å². The summed E-state index contributed by atoms with van der Waals surface area (Å²) in [7, 11) is 0. The number of nitrogens with zero attached hydrogens (tertiary/aromatic N) is 2. The number of carbonyl (C=O) groups is 5. The number of benzene rings is 2. The van der Waals surface area contributed by atoms with Gasteiger partial charge < -0.3 is 25.2 Å². The number of hydrogen-bond acceptors (Lipinski definition) is 5. The zero-order chi connectivity index (χ0) is 25.8. The summed E-state index contributed by atoms with van der Waals surface area (Å²) < 4.78 is 0. The Hall–Kier alpha value is -4.73. The first-order chi connectivity index (χ1) is 17.3. The van der Waals surface area contributed by atoms with Crippen LogP contribution in [0.4, 0.5) is 5.69 Å². The number of carbonyl (C=O) groups excluding carboxylic acids is 4. The number of para-hydroxylation sites is 1. The van der Waals surface area contributed by atoms with E-state index < -0.39 is 23.6 Å². The van der Waals surface area contributed by atoms with Gasteiger partial charge in [0.05, 0.1) is 16.8 Å². The third-order valence-corrected chi connectivity index (χ3v) is 5.99. The van der Waals surface area contributed by atoms with Gasteiger partial charge in [-0.15, -0.1) is 0 Å². The predicted octanol–water partition coefficient (Wildman–Crippen LogP) is 2.30. The van der Waals surface area contributed by atoms with E-state index in [9.17, 15) is 24.0 Å². The number of carboxylic acid groups (broad SMARTS) is 1. The maximum absolute atomic E-state index is 13.2. The monoisotopic (exact) mass is 488 g/mol. The predicted molar refractivity (Wildman–Crippen MR) is 132 cm³/mol. The van der Waals surface area contributed by atoms with E-state index in [0.29, 0.717) is 41.3 Å². The molecule has 0 radical (unpaired) electrons. The number of ketones is 1. The minimum Gasteiger partial charge on any atom is -0.478 e. The van der Waals surface area contributed by atoms with Crippen LogP contribution in [0.3, 0.4) is 0 Å². The van der Waals surface area contributed by atoms with Crippen LogP contribution in [0, 0.1) is 0 Å². The number of amides is 3. The molecule has 1 atom stereocenters. The Balaban J connectivity index is 1.48. The van der Waals surface area contributed by atoms with Crippen LogP contribution in [0.25, 0.3) is 10.9 Å². The molecule has 4 rings (SSSR count). The van der Waals surface area contributed by atoms with E-state index in [1.54, 1.807) is 54.3 Å². The normalized spacial score (nSPS) is 15.8. The van der Waals surface area contributed by atoms with Crippen LogP contribution in [-0.2, 0) is 14.4 Å². The van der Waals surface area contributed by atoms with Crippen molar-refractivity contribution >= 4 is 46.1 Å². The lowest BCUT2D eigenvalue weighted by molar-refractivity contribution is -0.132. The Morgan fingerprint density at radius 2 is 1.75 bits per heavy atom. The second-order valence-corrected chi connectivity index (χ2v) is 8.39. The third kappa shape index (κ3) is 5.02. The molecule has 0 saturated carbocycles. The lowest BCUT2D eigenvalue weighted by atomic mass is 10.1. The summed E-state index contributed by atoms with van der Waals surface area (Å²) in [5.74, 6) is -3.40. The van der Waals surface area contributed by atoms with Crippen LogP contribution in [0.1, 0.15) is 27.6 Å². The summed E-state index contributed by atoms with van der Waals surface area (Å²) in [6.45, 7) is 2.64. The van der Waals surface area contributed by atoms with Gasteiger partial charge >= 0.3 is 5.97 Å². The van der Waals surface area contributed by atoms with Crippen molar-refractivity contribution in [3.63, 3.8) is 0 Å². The zero-order valence-corrected chi connectivity index (χ0v) is 19.4. The van der Waals surface area contributed by atoms with Crippen molar-refractivity contribution in [2.45, 2.75) is 13.0 Å². The molecule has 3 aromatic rings. The van der Waals surface area contributed by atoms with Gasteiger partial charge in [0.2, 0.25) is 5.91 Å². The maximum atomic E-state index is 13.2. The number of aromatic nitrogens is 1. The first-order valence-corrected chi connectivity index (χ1v) is 11.3. The fourth-order valence-electron chi connectivity index (χ4n) is 4.22. The number of piperazine rings is 1. The molecule has 10 nitrogen and oxygen atoms in total. The summed E-state index contributed by atoms with van der Waals surface area (Å²) >= 11 is 0. The van der Waals surface area contributed by atoms with Crippen LogP contribution < -0.4 is 5.32 Å². The van der Waals surface area contributed by atoms with Gasteiger partial charge in [-0.2, -0.15) is 0 Å². The summed E-state index contributed by atoms with van der Waals surface area (Å²) in [5, 5.41) is 11.7. The van der Waals surface area contributed by atoms with Gasteiger partial charge in [0.15, 0.2) is 0 Å². The van der Waals surface area contributed by atoms with Gasteiger partial charge in [0.1, 0.15) is 0 Å². The molecule has 0 bridgehead atoms. The lowest BCUT2D eigenvalue weighted by Crippen LogP contribution is -2.56. The number of aromatic amines is 1. The molecular weight excluding hydrogens is 464 g/mol. The molecule has 1 fully saturated rings. The molecule has 2 heterocycles. The van der Waals surface area contributed by atoms with Crippen molar-refractivity contribution in [3.05, 3.63) is 78.0 Å². The second kappa shape index (κ2) is 10.3. The van der Waals surface area contributed by atoms with Crippen LogP contribution >= 0.6 is 0 Å². The molecule has 1 saturated heterocycles. The molecule has 184 valence electrons. The molecule has 1 aliphatic heterocycles. The molecule has 36 heavy (non-hydrogen) atoms. The Morgan fingerprint density at radius 3 is 2.44 bits per heavy atom. The smallest absolute Gasteiger partial charge is 0.328 e. The van der Waals surface area contributed by atoms with E-state index in [1.807, 2.05) is 6.07 Å². The first-order valence-electron chi connectivity index (χ1n) is 11.3. The molecule has 1 aromatic heterocycles. The van der Waals surface area contributed by atoms with Crippen LogP contribution in [0.5, 0.6) is 0 Å². The van der Waals surface area contributed by atoms with Gasteiger partial charge in [0, 0.05) is 55.0 Å². The number of anilines is 1. The van der Waals surface area contributed by atoms with Crippen molar-refractivity contribution in [2.24, 2.45) is 0 Å². The summed E-state index contributed by atoms with van der Waals surface area (Å²) in [6, 6.07) is 13.4. The summed E-state index contributed by atoms with van der Waals surface area (Å²) in [6.07, 6.45) is 3.00. The zero-order valence-electron chi connectivity index (χ0n) is 19.4. The molecule has 0 aliphatic carbocycles. The average Bonchev–Trinajstić information content (AvgIpc) is 3.32. The number of H-pyrrole nitrogens is 1. The van der Waals surface area contributed by atoms with Crippen LogP contribution in [0.15, 0.2) is 66.9 Å². The highest BCUT2D eigenvalue weighted by Crippen LogP contribution is 2.27. The van der Waals surface area contributed by atoms with E-state index in [4.69, 9.17) is 5.11 Å². The van der Waals surface area contributed by atoms with Gasteiger partial charge in [-0.3, -0.25) is 19.2 Å². The molecule has 2 aromatic carbocycles. The molecular formula is C26H24N4O6. The fourth-order valence-corrected chi connectivity index (χ4v) is 4.22. The quantitative estimate of drug-likeness (QED) is 0.276. The molecule has 1 aliphatic rings. The first kappa shape index (κ1) is 24.4. The fraction of sp³-hybridized carbons (Fsp3) is 0.192. The number of Topliss-reactive ketones (excluding diaryl/α,β-unsaturated/α-hetero) is 1. The van der Waals surface area contributed by atoms with E-state index in [2.05, 4.69) is 10.3 Å². The molecule has 3 N–H and O–H groups in total. The molecule has 10 heteroatoms. The van der Waals surface area contributed by atoms with Crippen LogP contribution in [-0.4, -0.2) is 75.0 Å². The van der Waals surface area contributed by atoms with E-state index in [0.717, 1.165) is 6.08 Å². The number of aliphatic carboxylic acids is 1. The largest absolute Gasteiger partial charge is 0.478 e. The van der Waals surface area contributed by atoms with Gasteiger partial charge in [-0.1, -0.05) is 30.3 Å². The molecule has 0 unspecified atom stereocenters. The van der Waals surface area contributed by atoms with E-state index in [1.165, 1.54) is 11.1 Å².